The molecule has 17 heavy (non-hydrogen) atoms. The smallest absolute Gasteiger partial charge is 0.323 e. The lowest BCUT2D eigenvalue weighted by Crippen LogP contribution is -2.37. The minimum Gasteiger partial charge on any atom is -0.480 e. The molecular formula is C14H19NO2. The second-order valence-corrected chi connectivity index (χ2v) is 4.89. The van der Waals surface area contributed by atoms with E-state index in [1.54, 1.807) is 0 Å². The Morgan fingerprint density at radius 3 is 2.59 bits per heavy atom. The summed E-state index contributed by atoms with van der Waals surface area (Å²) >= 11 is 0. The second kappa shape index (κ2) is 5.21. The fraction of sp³-hybridized carbons (Fsp3) is 0.500. The summed E-state index contributed by atoms with van der Waals surface area (Å²) in [6.45, 7) is 2.20. The quantitative estimate of drug-likeness (QED) is 0.821. The van der Waals surface area contributed by atoms with Crippen LogP contribution in [0.25, 0.3) is 0 Å². The first-order chi connectivity index (χ1) is 8.16. The first-order valence-corrected chi connectivity index (χ1v) is 6.20. The summed E-state index contributed by atoms with van der Waals surface area (Å²) in [5.41, 5.74) is 1.00. The highest BCUT2D eigenvalue weighted by Crippen LogP contribution is 2.35. The molecule has 0 saturated heterocycles. The van der Waals surface area contributed by atoms with Crippen LogP contribution in [-0.4, -0.2) is 23.7 Å². The van der Waals surface area contributed by atoms with Gasteiger partial charge in [-0.1, -0.05) is 31.0 Å². The van der Waals surface area contributed by atoms with Gasteiger partial charge >= 0.3 is 5.97 Å². The lowest BCUT2D eigenvalue weighted by molar-refractivity contribution is -0.135. The third-order valence-electron chi connectivity index (χ3n) is 3.30. The number of rotatable bonds is 6. The fourth-order valence-electron chi connectivity index (χ4n) is 2.23. The maximum absolute atomic E-state index is 10.9. The van der Waals surface area contributed by atoms with Crippen molar-refractivity contribution in [2.45, 2.75) is 32.2 Å². The lowest BCUT2D eigenvalue weighted by Gasteiger charge is -2.30. The van der Waals surface area contributed by atoms with E-state index in [0.717, 1.165) is 18.0 Å². The van der Waals surface area contributed by atoms with Crippen molar-refractivity contribution in [3.05, 3.63) is 30.3 Å². The number of carbonyl (C=O) groups is 1. The Morgan fingerprint density at radius 2 is 2.06 bits per heavy atom. The van der Waals surface area contributed by atoms with Crippen LogP contribution in [0.5, 0.6) is 0 Å². The van der Waals surface area contributed by atoms with Crippen LogP contribution in [0.3, 0.4) is 0 Å². The number of para-hydroxylation sites is 1. The third-order valence-corrected chi connectivity index (χ3v) is 3.30. The first kappa shape index (κ1) is 12.0. The molecule has 1 unspecified atom stereocenters. The van der Waals surface area contributed by atoms with E-state index in [9.17, 15) is 4.79 Å². The molecule has 2 rings (SSSR count). The Labute approximate surface area is 102 Å². The van der Waals surface area contributed by atoms with E-state index >= 15 is 0 Å². The van der Waals surface area contributed by atoms with E-state index in [2.05, 4.69) is 6.92 Å². The molecule has 1 aliphatic carbocycles. The topological polar surface area (TPSA) is 40.5 Å². The van der Waals surface area contributed by atoms with E-state index in [-0.39, 0.29) is 6.54 Å². The van der Waals surface area contributed by atoms with Gasteiger partial charge in [-0.15, -0.1) is 0 Å². The maximum atomic E-state index is 10.9. The molecular weight excluding hydrogens is 214 g/mol. The molecule has 1 aromatic rings. The molecule has 0 aliphatic heterocycles. The Morgan fingerprint density at radius 1 is 1.41 bits per heavy atom. The van der Waals surface area contributed by atoms with Gasteiger partial charge in [0, 0.05) is 11.7 Å². The summed E-state index contributed by atoms with van der Waals surface area (Å²) in [6, 6.07) is 10.1. The highest BCUT2D eigenvalue weighted by atomic mass is 16.4. The van der Waals surface area contributed by atoms with Gasteiger partial charge in [-0.05, 0) is 31.4 Å². The molecule has 3 heteroatoms. The number of aliphatic carboxylic acids is 1. The van der Waals surface area contributed by atoms with Crippen molar-refractivity contribution in [2.75, 3.05) is 11.4 Å². The highest BCUT2D eigenvalue weighted by Gasteiger charge is 2.27. The average Bonchev–Trinajstić information content (AvgIpc) is 3.10. The van der Waals surface area contributed by atoms with Gasteiger partial charge in [-0.3, -0.25) is 4.79 Å². The molecule has 1 aromatic carbocycles. The fourth-order valence-corrected chi connectivity index (χ4v) is 2.23. The van der Waals surface area contributed by atoms with E-state index in [1.807, 2.05) is 35.2 Å². The average molecular weight is 233 g/mol. The molecule has 1 fully saturated rings. The number of hydrogen-bond acceptors (Lipinski definition) is 2. The summed E-state index contributed by atoms with van der Waals surface area (Å²) in [5.74, 6) is 0.0431. The van der Waals surface area contributed by atoms with E-state index in [0.29, 0.717) is 6.04 Å². The zero-order valence-electron chi connectivity index (χ0n) is 10.2. The molecule has 1 aliphatic rings. The lowest BCUT2D eigenvalue weighted by atomic mass is 10.1. The normalized spacial score (nSPS) is 16.5. The van der Waals surface area contributed by atoms with Gasteiger partial charge < -0.3 is 10.0 Å². The summed E-state index contributed by atoms with van der Waals surface area (Å²) in [7, 11) is 0. The standard InChI is InChI=1S/C14H19NO2/c1-11(9-12-7-8-12)15(10-14(16)17)13-5-3-2-4-6-13/h2-6,11-12H,7-10H2,1H3,(H,16,17). The number of benzene rings is 1. The van der Waals surface area contributed by atoms with Crippen LogP contribution in [0.2, 0.25) is 0 Å². The minimum atomic E-state index is -0.767. The van der Waals surface area contributed by atoms with Gasteiger partial charge in [0.2, 0.25) is 0 Å². The van der Waals surface area contributed by atoms with Gasteiger partial charge in [0.1, 0.15) is 6.54 Å². The summed E-state index contributed by atoms with van der Waals surface area (Å²) in [6.07, 6.45) is 3.71. The maximum Gasteiger partial charge on any atom is 0.323 e. The molecule has 0 heterocycles. The van der Waals surface area contributed by atoms with Gasteiger partial charge in [-0.2, -0.15) is 0 Å². The Balaban J connectivity index is 2.08. The number of carboxylic acid groups (broad SMARTS) is 1. The van der Waals surface area contributed by atoms with E-state index < -0.39 is 5.97 Å². The molecule has 0 aromatic heterocycles. The van der Waals surface area contributed by atoms with Crippen molar-refractivity contribution < 1.29 is 9.90 Å². The van der Waals surface area contributed by atoms with Gasteiger partial charge in [0.25, 0.3) is 0 Å². The van der Waals surface area contributed by atoms with Crippen molar-refractivity contribution >= 4 is 11.7 Å². The molecule has 1 N–H and O–H groups in total. The molecule has 0 amide bonds. The summed E-state index contributed by atoms with van der Waals surface area (Å²) < 4.78 is 0. The van der Waals surface area contributed by atoms with Crippen LogP contribution in [0.1, 0.15) is 26.2 Å². The van der Waals surface area contributed by atoms with Crippen molar-refractivity contribution in [2.24, 2.45) is 5.92 Å². The first-order valence-electron chi connectivity index (χ1n) is 6.20. The number of hydrogen-bond donors (Lipinski definition) is 1. The van der Waals surface area contributed by atoms with Crippen molar-refractivity contribution in [3.63, 3.8) is 0 Å². The Kier molecular flexibility index (Phi) is 3.67. The van der Waals surface area contributed by atoms with E-state index in [4.69, 9.17) is 5.11 Å². The molecule has 0 radical (unpaired) electrons. The highest BCUT2D eigenvalue weighted by molar-refractivity contribution is 5.74. The molecule has 0 bridgehead atoms. The van der Waals surface area contributed by atoms with Gasteiger partial charge in [0.05, 0.1) is 0 Å². The molecule has 0 spiro atoms. The molecule has 1 saturated carbocycles. The number of nitrogens with zero attached hydrogens (tertiary/aromatic N) is 1. The predicted octanol–water partition coefficient (Wildman–Crippen LogP) is 2.77. The zero-order valence-corrected chi connectivity index (χ0v) is 10.2. The Hall–Kier alpha value is -1.51. The van der Waals surface area contributed by atoms with Crippen molar-refractivity contribution in [3.8, 4) is 0 Å². The summed E-state index contributed by atoms with van der Waals surface area (Å²) in [5, 5.41) is 9.00. The van der Waals surface area contributed by atoms with Crippen molar-refractivity contribution in [1.29, 1.82) is 0 Å². The van der Waals surface area contributed by atoms with E-state index in [1.165, 1.54) is 12.8 Å². The van der Waals surface area contributed by atoms with Crippen molar-refractivity contribution in [1.82, 2.24) is 0 Å². The molecule has 3 nitrogen and oxygen atoms in total. The van der Waals surface area contributed by atoms with Crippen LogP contribution in [0.15, 0.2) is 30.3 Å². The molecule has 1 atom stereocenters. The SMILES string of the molecule is CC(CC1CC1)N(CC(=O)O)c1ccccc1. The minimum absolute atomic E-state index is 0.0812. The number of anilines is 1. The van der Waals surface area contributed by atoms with Gasteiger partial charge in [0.15, 0.2) is 0 Å². The predicted molar refractivity (Wildman–Crippen MR) is 68.2 cm³/mol. The van der Waals surface area contributed by atoms with Crippen LogP contribution < -0.4 is 4.90 Å². The monoisotopic (exact) mass is 233 g/mol. The largest absolute Gasteiger partial charge is 0.480 e. The number of carboxylic acids is 1. The third kappa shape index (κ3) is 3.48. The van der Waals surface area contributed by atoms with Crippen LogP contribution >= 0.6 is 0 Å². The van der Waals surface area contributed by atoms with Gasteiger partial charge in [-0.25, -0.2) is 0 Å². The second-order valence-electron chi connectivity index (χ2n) is 4.89. The van der Waals surface area contributed by atoms with Crippen LogP contribution in [-0.2, 0) is 4.79 Å². The zero-order chi connectivity index (χ0) is 12.3. The Bertz CT molecular complexity index is 373. The van der Waals surface area contributed by atoms with Crippen LogP contribution in [0.4, 0.5) is 5.69 Å². The van der Waals surface area contributed by atoms with Crippen LogP contribution in [0, 0.1) is 5.92 Å². The summed E-state index contributed by atoms with van der Waals surface area (Å²) in [4.78, 5) is 12.9. The molecule has 92 valence electrons.